The normalized spacial score (nSPS) is 16.9. The molecule has 0 radical (unpaired) electrons. The minimum Gasteiger partial charge on any atom is -0.398 e. The number of nitrogens with one attached hydrogen (secondary N) is 1. The maximum atomic E-state index is 6.36. The summed E-state index contributed by atoms with van der Waals surface area (Å²) in [6, 6.07) is 5.88. The molecule has 3 N–H and O–H groups in total. The molecule has 1 saturated carbocycles. The van der Waals surface area contributed by atoms with Crippen molar-refractivity contribution in [1.82, 2.24) is 4.98 Å². The zero-order chi connectivity index (χ0) is 10.4. The number of rotatable bonds is 1. The molecule has 0 bridgehead atoms. The quantitative estimate of drug-likeness (QED) is 0.708. The second-order valence-electron chi connectivity index (χ2n) is 4.25. The summed E-state index contributed by atoms with van der Waals surface area (Å²) >= 11 is 6.36. The number of aromatic nitrogens is 1. The molecule has 0 spiro atoms. The van der Waals surface area contributed by atoms with Crippen molar-refractivity contribution in [3.8, 4) is 0 Å². The maximum absolute atomic E-state index is 6.36. The summed E-state index contributed by atoms with van der Waals surface area (Å²) in [4.78, 5) is 3.39. The van der Waals surface area contributed by atoms with E-state index in [9.17, 15) is 0 Å². The van der Waals surface area contributed by atoms with Crippen LogP contribution in [0.15, 0.2) is 18.2 Å². The van der Waals surface area contributed by atoms with E-state index in [2.05, 4.69) is 4.98 Å². The molecule has 15 heavy (non-hydrogen) atoms. The first-order valence-electron chi connectivity index (χ1n) is 5.33. The number of aromatic amines is 1. The predicted octanol–water partition coefficient (Wildman–Crippen LogP) is 3.67. The second-order valence-corrected chi connectivity index (χ2v) is 4.63. The lowest BCUT2D eigenvalue weighted by Gasteiger charge is -2.24. The Morgan fingerprint density at radius 2 is 2.13 bits per heavy atom. The number of nitrogens with two attached hydrogens (primary N) is 1. The lowest BCUT2D eigenvalue weighted by Crippen LogP contribution is -2.09. The van der Waals surface area contributed by atoms with E-state index in [4.69, 9.17) is 17.3 Å². The van der Waals surface area contributed by atoms with E-state index in [1.54, 1.807) is 0 Å². The van der Waals surface area contributed by atoms with E-state index < -0.39 is 0 Å². The van der Waals surface area contributed by atoms with Gasteiger partial charge in [-0.3, -0.25) is 0 Å². The van der Waals surface area contributed by atoms with E-state index in [-0.39, 0.29) is 0 Å². The van der Waals surface area contributed by atoms with Crippen molar-refractivity contribution in [2.75, 3.05) is 5.73 Å². The van der Waals surface area contributed by atoms with Crippen molar-refractivity contribution >= 4 is 28.2 Å². The molecule has 2 nitrogen and oxygen atoms in total. The Morgan fingerprint density at radius 1 is 1.33 bits per heavy atom. The zero-order valence-corrected chi connectivity index (χ0v) is 9.14. The van der Waals surface area contributed by atoms with Crippen LogP contribution in [0.2, 0.25) is 5.02 Å². The largest absolute Gasteiger partial charge is 0.398 e. The number of hydrogen-bond donors (Lipinski definition) is 2. The third kappa shape index (κ3) is 1.25. The van der Waals surface area contributed by atoms with Crippen LogP contribution < -0.4 is 5.73 Å². The van der Waals surface area contributed by atoms with Crippen LogP contribution in [0.4, 0.5) is 5.69 Å². The van der Waals surface area contributed by atoms with Crippen LogP contribution in [0.3, 0.4) is 0 Å². The van der Waals surface area contributed by atoms with Gasteiger partial charge in [-0.2, -0.15) is 0 Å². The minimum absolute atomic E-state index is 0.615. The molecule has 1 aromatic heterocycles. The van der Waals surface area contributed by atoms with Gasteiger partial charge in [0.1, 0.15) is 0 Å². The van der Waals surface area contributed by atoms with E-state index >= 15 is 0 Å². The number of nitrogen functional groups attached to an aromatic ring is 1. The number of H-pyrrole nitrogens is 1. The topological polar surface area (TPSA) is 41.8 Å². The van der Waals surface area contributed by atoms with Gasteiger partial charge >= 0.3 is 0 Å². The van der Waals surface area contributed by atoms with Crippen LogP contribution in [-0.2, 0) is 0 Å². The van der Waals surface area contributed by atoms with Gasteiger partial charge in [0.25, 0.3) is 0 Å². The Hall–Kier alpha value is -1.15. The molecule has 0 aliphatic heterocycles. The Balaban J connectivity index is 2.24. The molecule has 0 saturated heterocycles. The van der Waals surface area contributed by atoms with Crippen molar-refractivity contribution in [3.63, 3.8) is 0 Å². The third-order valence-electron chi connectivity index (χ3n) is 3.34. The number of benzene rings is 1. The molecule has 3 heteroatoms. The van der Waals surface area contributed by atoms with Crippen molar-refractivity contribution in [2.45, 2.75) is 25.2 Å². The van der Waals surface area contributed by atoms with Crippen molar-refractivity contribution in [2.24, 2.45) is 0 Å². The molecule has 78 valence electrons. The predicted molar refractivity (Wildman–Crippen MR) is 64.3 cm³/mol. The van der Waals surface area contributed by atoms with Gasteiger partial charge in [0.05, 0.1) is 5.02 Å². The van der Waals surface area contributed by atoms with E-state index in [0.29, 0.717) is 5.92 Å². The summed E-state index contributed by atoms with van der Waals surface area (Å²) in [6.45, 7) is 0. The summed E-state index contributed by atoms with van der Waals surface area (Å²) in [7, 11) is 0. The second kappa shape index (κ2) is 3.17. The molecule has 1 aliphatic rings. The smallest absolute Gasteiger partial charge is 0.0715 e. The van der Waals surface area contributed by atoms with Crippen molar-refractivity contribution < 1.29 is 0 Å². The van der Waals surface area contributed by atoms with E-state index in [1.165, 1.54) is 25.0 Å². The third-order valence-corrected chi connectivity index (χ3v) is 3.73. The van der Waals surface area contributed by atoms with Crippen molar-refractivity contribution in [1.29, 1.82) is 0 Å². The van der Waals surface area contributed by atoms with Crippen LogP contribution in [-0.4, -0.2) is 4.98 Å². The highest BCUT2D eigenvalue weighted by Crippen LogP contribution is 2.43. The van der Waals surface area contributed by atoms with Gasteiger partial charge in [0.15, 0.2) is 0 Å². The van der Waals surface area contributed by atoms with Crippen LogP contribution in [0.25, 0.3) is 10.9 Å². The molecular weight excluding hydrogens is 208 g/mol. The molecular formula is C12H13ClN2. The van der Waals surface area contributed by atoms with Gasteiger partial charge in [-0.15, -0.1) is 0 Å². The van der Waals surface area contributed by atoms with Gasteiger partial charge in [-0.25, -0.2) is 0 Å². The first-order chi connectivity index (χ1) is 7.27. The van der Waals surface area contributed by atoms with Crippen LogP contribution in [0.5, 0.6) is 0 Å². The lowest BCUT2D eigenvalue weighted by atomic mass is 9.83. The SMILES string of the molecule is Nc1cccc2[nH]c(C3CCC3)c(Cl)c12. The van der Waals surface area contributed by atoms with Crippen molar-refractivity contribution in [3.05, 3.63) is 28.9 Å². The summed E-state index contributed by atoms with van der Waals surface area (Å²) < 4.78 is 0. The fourth-order valence-electron chi connectivity index (χ4n) is 2.23. The molecule has 1 aromatic carbocycles. The lowest BCUT2D eigenvalue weighted by molar-refractivity contribution is 0.413. The van der Waals surface area contributed by atoms with Gasteiger partial charge in [0.2, 0.25) is 0 Å². The number of hydrogen-bond acceptors (Lipinski definition) is 1. The Bertz CT molecular complexity index is 512. The number of halogens is 1. The monoisotopic (exact) mass is 220 g/mol. The molecule has 1 heterocycles. The molecule has 0 atom stereocenters. The summed E-state index contributed by atoms with van der Waals surface area (Å²) in [6.07, 6.45) is 3.80. The van der Waals surface area contributed by atoms with Gasteiger partial charge in [-0.1, -0.05) is 24.1 Å². The average Bonchev–Trinajstić information content (AvgIpc) is 2.43. The molecule has 3 rings (SSSR count). The maximum Gasteiger partial charge on any atom is 0.0715 e. The fourth-order valence-corrected chi connectivity index (χ4v) is 2.64. The average molecular weight is 221 g/mol. The highest BCUT2D eigenvalue weighted by Gasteiger charge is 2.25. The first-order valence-corrected chi connectivity index (χ1v) is 5.70. The standard InChI is InChI=1S/C12H13ClN2/c13-11-10-8(14)5-2-6-9(10)15-12(11)7-3-1-4-7/h2,5-7,15H,1,3-4,14H2. The fraction of sp³-hybridized carbons (Fsp3) is 0.333. The molecule has 0 unspecified atom stereocenters. The molecule has 0 amide bonds. The van der Waals surface area contributed by atoms with Crippen LogP contribution in [0.1, 0.15) is 30.9 Å². The van der Waals surface area contributed by atoms with Gasteiger partial charge in [0, 0.05) is 28.2 Å². The highest BCUT2D eigenvalue weighted by molar-refractivity contribution is 6.37. The highest BCUT2D eigenvalue weighted by atomic mass is 35.5. The van der Waals surface area contributed by atoms with Gasteiger partial charge < -0.3 is 10.7 Å². The van der Waals surface area contributed by atoms with Crippen LogP contribution >= 0.6 is 11.6 Å². The number of fused-ring (bicyclic) bond motifs is 1. The summed E-state index contributed by atoms with van der Waals surface area (Å²) in [5, 5.41) is 1.81. The number of anilines is 1. The van der Waals surface area contributed by atoms with E-state index in [1.807, 2.05) is 18.2 Å². The summed E-state index contributed by atoms with van der Waals surface area (Å²) in [5.41, 5.74) is 8.92. The Morgan fingerprint density at radius 3 is 2.73 bits per heavy atom. The summed E-state index contributed by atoms with van der Waals surface area (Å²) in [5.74, 6) is 0.615. The molecule has 1 aliphatic carbocycles. The Kier molecular flexibility index (Phi) is 1.93. The first kappa shape index (κ1) is 9.10. The van der Waals surface area contributed by atoms with Crippen LogP contribution in [0, 0.1) is 0 Å². The molecule has 2 aromatic rings. The van der Waals surface area contributed by atoms with E-state index in [0.717, 1.165) is 21.6 Å². The minimum atomic E-state index is 0.615. The zero-order valence-electron chi connectivity index (χ0n) is 8.39. The van der Waals surface area contributed by atoms with Gasteiger partial charge in [-0.05, 0) is 25.0 Å². The molecule has 1 fully saturated rings. The Labute approximate surface area is 93.4 Å².